The van der Waals surface area contributed by atoms with E-state index < -0.39 is 11.7 Å². The fourth-order valence-corrected chi connectivity index (χ4v) is 2.02. The maximum Gasteiger partial charge on any atom is 0.411 e. The van der Waals surface area contributed by atoms with E-state index in [1.807, 2.05) is 32.9 Å². The first-order chi connectivity index (χ1) is 11.4. The lowest BCUT2D eigenvalue weighted by Gasteiger charge is -2.21. The Morgan fingerprint density at radius 2 is 1.75 bits per heavy atom. The maximum atomic E-state index is 11.7. The third-order valence-corrected chi connectivity index (χ3v) is 3.08. The van der Waals surface area contributed by atoms with E-state index in [-0.39, 0.29) is 0 Å². The molecule has 1 N–H and O–H groups in total. The Balaban J connectivity index is 2.16. The lowest BCUT2D eigenvalue weighted by Crippen LogP contribution is -2.32. The van der Waals surface area contributed by atoms with E-state index >= 15 is 0 Å². The number of ether oxygens (including phenoxy) is 4. The molecule has 0 heterocycles. The van der Waals surface area contributed by atoms with Crippen molar-refractivity contribution in [1.82, 2.24) is 5.32 Å². The summed E-state index contributed by atoms with van der Waals surface area (Å²) in [6.07, 6.45) is 4.73. The number of allylic oxidation sites excluding steroid dienone is 4. The summed E-state index contributed by atoms with van der Waals surface area (Å²) < 4.78 is 21.5. The third kappa shape index (κ3) is 10.6. The summed E-state index contributed by atoms with van der Waals surface area (Å²) in [4.78, 5) is 11.7. The van der Waals surface area contributed by atoms with Crippen LogP contribution in [-0.4, -0.2) is 50.5 Å². The fraction of sp³-hybridized carbons (Fsp3) is 0.706. The van der Waals surface area contributed by atoms with Gasteiger partial charge in [-0.1, -0.05) is 0 Å². The Hall–Kier alpha value is -1.18. The van der Waals surface area contributed by atoms with Crippen molar-refractivity contribution >= 4 is 18.7 Å². The molecule has 6 nitrogen and oxygen atoms in total. The first kappa shape index (κ1) is 20.9. The van der Waals surface area contributed by atoms with E-state index in [1.165, 1.54) is 0 Å². The molecule has 0 aliphatic heterocycles. The maximum absolute atomic E-state index is 11.7. The van der Waals surface area contributed by atoms with Crippen molar-refractivity contribution in [3.63, 3.8) is 0 Å². The van der Waals surface area contributed by atoms with Gasteiger partial charge in [0.2, 0.25) is 0 Å². The summed E-state index contributed by atoms with van der Waals surface area (Å²) >= 11 is 4.05. The van der Waals surface area contributed by atoms with E-state index in [0.29, 0.717) is 39.5 Å². The molecule has 0 bridgehead atoms. The number of hydrogen-bond acceptors (Lipinski definition) is 6. The Morgan fingerprint density at radius 3 is 2.33 bits per heavy atom. The van der Waals surface area contributed by atoms with Crippen molar-refractivity contribution in [2.24, 2.45) is 0 Å². The van der Waals surface area contributed by atoms with Gasteiger partial charge in [-0.2, -0.15) is 12.6 Å². The van der Waals surface area contributed by atoms with Gasteiger partial charge < -0.3 is 18.9 Å². The van der Waals surface area contributed by atoms with E-state index in [0.717, 1.165) is 23.6 Å². The highest BCUT2D eigenvalue weighted by molar-refractivity contribution is 7.80. The third-order valence-electron chi connectivity index (χ3n) is 2.90. The normalized spacial score (nSPS) is 14.7. The SMILES string of the molecule is CC(C)(C)OC(=O)NC1=CC=C(OCCOCCOCCS)CC1. The molecule has 0 saturated carbocycles. The highest BCUT2D eigenvalue weighted by Crippen LogP contribution is 2.18. The lowest BCUT2D eigenvalue weighted by molar-refractivity contribution is 0.0299. The first-order valence-corrected chi connectivity index (χ1v) is 8.83. The molecule has 1 amide bonds. The molecule has 1 aliphatic carbocycles. The van der Waals surface area contributed by atoms with Crippen LogP contribution in [0.4, 0.5) is 4.79 Å². The van der Waals surface area contributed by atoms with Crippen LogP contribution in [0, 0.1) is 0 Å². The number of carbonyl (C=O) groups excluding carboxylic acids is 1. The van der Waals surface area contributed by atoms with Crippen molar-refractivity contribution in [3.05, 3.63) is 23.6 Å². The average molecular weight is 359 g/mol. The van der Waals surface area contributed by atoms with Crippen molar-refractivity contribution in [3.8, 4) is 0 Å². The van der Waals surface area contributed by atoms with Crippen molar-refractivity contribution < 1.29 is 23.7 Å². The molecule has 0 fully saturated rings. The van der Waals surface area contributed by atoms with Crippen LogP contribution in [0.15, 0.2) is 23.6 Å². The zero-order chi connectivity index (χ0) is 17.8. The largest absolute Gasteiger partial charge is 0.496 e. The summed E-state index contributed by atoms with van der Waals surface area (Å²) in [6.45, 7) is 8.30. The van der Waals surface area contributed by atoms with Crippen LogP contribution >= 0.6 is 12.6 Å². The minimum Gasteiger partial charge on any atom is -0.496 e. The van der Waals surface area contributed by atoms with Crippen LogP contribution in [0.25, 0.3) is 0 Å². The monoisotopic (exact) mass is 359 g/mol. The minimum absolute atomic E-state index is 0.431. The number of carbonyl (C=O) groups is 1. The molecule has 138 valence electrons. The lowest BCUT2D eigenvalue weighted by atomic mass is 10.1. The molecule has 1 aliphatic rings. The molecule has 1 rings (SSSR count). The molecule has 0 spiro atoms. The zero-order valence-electron chi connectivity index (χ0n) is 14.8. The molecule has 0 aromatic heterocycles. The van der Waals surface area contributed by atoms with Gasteiger partial charge in [0.25, 0.3) is 0 Å². The van der Waals surface area contributed by atoms with Gasteiger partial charge in [0.15, 0.2) is 0 Å². The predicted molar refractivity (Wildman–Crippen MR) is 96.2 cm³/mol. The molecule has 0 atom stereocenters. The van der Waals surface area contributed by atoms with Gasteiger partial charge in [-0.15, -0.1) is 0 Å². The van der Waals surface area contributed by atoms with Gasteiger partial charge in [-0.05, 0) is 39.3 Å². The van der Waals surface area contributed by atoms with Crippen LogP contribution in [0.2, 0.25) is 0 Å². The summed E-state index contributed by atoms with van der Waals surface area (Å²) in [7, 11) is 0. The number of nitrogens with one attached hydrogen (secondary N) is 1. The summed E-state index contributed by atoms with van der Waals surface area (Å²) in [5, 5.41) is 2.75. The van der Waals surface area contributed by atoms with Crippen molar-refractivity contribution in [2.45, 2.75) is 39.2 Å². The van der Waals surface area contributed by atoms with Gasteiger partial charge in [0.1, 0.15) is 12.2 Å². The molecule has 0 unspecified atom stereocenters. The van der Waals surface area contributed by atoms with E-state index in [4.69, 9.17) is 18.9 Å². The highest BCUT2D eigenvalue weighted by atomic mass is 32.1. The van der Waals surface area contributed by atoms with Crippen LogP contribution in [0.3, 0.4) is 0 Å². The first-order valence-electron chi connectivity index (χ1n) is 8.19. The fourth-order valence-electron chi connectivity index (χ4n) is 1.90. The van der Waals surface area contributed by atoms with Crippen LogP contribution < -0.4 is 5.32 Å². The number of rotatable bonds is 10. The highest BCUT2D eigenvalue weighted by Gasteiger charge is 2.17. The Kier molecular flexibility index (Phi) is 9.90. The van der Waals surface area contributed by atoms with Gasteiger partial charge in [-0.25, -0.2) is 4.79 Å². The molecular weight excluding hydrogens is 330 g/mol. The molecule has 0 aromatic rings. The molecule has 0 saturated heterocycles. The average Bonchev–Trinajstić information content (AvgIpc) is 2.49. The van der Waals surface area contributed by atoms with Gasteiger partial charge in [0, 0.05) is 17.9 Å². The number of amides is 1. The van der Waals surface area contributed by atoms with Gasteiger partial charge in [0.05, 0.1) is 32.2 Å². The number of thiol groups is 1. The second-order valence-corrected chi connectivity index (χ2v) is 6.70. The molecule has 0 aromatic carbocycles. The topological polar surface area (TPSA) is 66.0 Å². The van der Waals surface area contributed by atoms with Gasteiger partial charge in [-0.3, -0.25) is 5.32 Å². The quantitative estimate of drug-likeness (QED) is 0.464. The van der Waals surface area contributed by atoms with Crippen LogP contribution in [-0.2, 0) is 18.9 Å². The second-order valence-electron chi connectivity index (χ2n) is 6.25. The molecule has 0 radical (unpaired) electrons. The summed E-state index contributed by atoms with van der Waals surface area (Å²) in [6, 6.07) is 0. The van der Waals surface area contributed by atoms with Crippen LogP contribution in [0.1, 0.15) is 33.6 Å². The van der Waals surface area contributed by atoms with Crippen LogP contribution in [0.5, 0.6) is 0 Å². The Bertz CT molecular complexity index is 443. The van der Waals surface area contributed by atoms with Crippen molar-refractivity contribution in [1.29, 1.82) is 0 Å². The van der Waals surface area contributed by atoms with Crippen molar-refractivity contribution in [2.75, 3.05) is 38.8 Å². The molecule has 7 heteroatoms. The Morgan fingerprint density at radius 1 is 1.08 bits per heavy atom. The Labute approximate surface area is 150 Å². The number of alkyl carbamates (subject to hydrolysis) is 1. The number of hydrogen-bond donors (Lipinski definition) is 2. The van der Waals surface area contributed by atoms with E-state index in [1.54, 1.807) is 0 Å². The zero-order valence-corrected chi connectivity index (χ0v) is 15.7. The predicted octanol–water partition coefficient (Wildman–Crippen LogP) is 3.05. The molecule has 24 heavy (non-hydrogen) atoms. The van der Waals surface area contributed by atoms with Gasteiger partial charge >= 0.3 is 6.09 Å². The van der Waals surface area contributed by atoms with E-state index in [2.05, 4.69) is 17.9 Å². The van der Waals surface area contributed by atoms with E-state index in [9.17, 15) is 4.79 Å². The smallest absolute Gasteiger partial charge is 0.411 e. The summed E-state index contributed by atoms with van der Waals surface area (Å²) in [5.41, 5.74) is 0.329. The molecular formula is C17H29NO5S. The second kappa shape index (κ2) is 11.4. The minimum atomic E-state index is -0.499. The standard InChI is InChI=1S/C17H29NO5S/c1-17(2,3)23-16(19)18-14-4-6-15(7-5-14)22-11-10-20-8-9-21-12-13-24/h4,6,24H,5,7-13H2,1-3H3,(H,18,19). The summed E-state index contributed by atoms with van der Waals surface area (Å²) in [5.74, 6) is 1.61.